The maximum Gasteiger partial charge on any atom is 0.236 e. The fourth-order valence-corrected chi connectivity index (χ4v) is 1.41. The van der Waals surface area contributed by atoms with Crippen LogP contribution in [0, 0.1) is 0 Å². The molecule has 1 heterocycles. The van der Waals surface area contributed by atoms with Crippen molar-refractivity contribution in [3.8, 4) is 0 Å². The molecule has 0 aliphatic heterocycles. The summed E-state index contributed by atoms with van der Waals surface area (Å²) in [4.78, 5) is 17.0. The third kappa shape index (κ3) is 3.16. The maximum atomic E-state index is 10.8. The third-order valence-corrected chi connectivity index (χ3v) is 2.30. The van der Waals surface area contributed by atoms with Gasteiger partial charge in [-0.2, -0.15) is 0 Å². The van der Waals surface area contributed by atoms with Gasteiger partial charge in [-0.3, -0.25) is 9.78 Å². The molecule has 4 N–H and O–H groups in total. The van der Waals surface area contributed by atoms with Gasteiger partial charge in [0, 0.05) is 6.54 Å². The molecule has 1 aromatic rings. The highest BCUT2D eigenvalue weighted by Crippen LogP contribution is 2.12. The first-order chi connectivity index (χ1) is 7.54. The van der Waals surface area contributed by atoms with Crippen molar-refractivity contribution < 1.29 is 4.79 Å². The number of carbonyl (C=O) groups is 1. The van der Waals surface area contributed by atoms with Crippen molar-refractivity contribution in [1.82, 2.24) is 4.98 Å². The monoisotopic (exact) mass is 238 g/mol. The summed E-state index contributed by atoms with van der Waals surface area (Å²) in [5, 5.41) is 0. The van der Waals surface area contributed by atoms with E-state index in [1.165, 1.54) is 0 Å². The average molecular weight is 238 g/mol. The molecule has 86 valence electrons. The number of aromatic nitrogens is 1. The van der Waals surface area contributed by atoms with E-state index >= 15 is 0 Å². The van der Waals surface area contributed by atoms with Gasteiger partial charge < -0.3 is 16.4 Å². The first kappa shape index (κ1) is 12.4. The summed E-state index contributed by atoms with van der Waals surface area (Å²) in [6.07, 6.45) is 1.63. The predicted octanol–water partition coefficient (Wildman–Crippen LogP) is 0.0274. The lowest BCUT2D eigenvalue weighted by molar-refractivity contribution is -0.116. The molecule has 1 rings (SSSR count). The van der Waals surface area contributed by atoms with E-state index in [0.717, 1.165) is 5.69 Å². The smallest absolute Gasteiger partial charge is 0.236 e. The quantitative estimate of drug-likeness (QED) is 0.707. The molecule has 0 fully saturated rings. The van der Waals surface area contributed by atoms with Crippen LogP contribution in [0.2, 0.25) is 0 Å². The second-order valence-corrected chi connectivity index (χ2v) is 3.69. The molecule has 0 saturated heterocycles. The molecular weight excluding hydrogens is 224 g/mol. The number of nitrogens with zero attached hydrogens (tertiary/aromatic N) is 2. The Morgan fingerprint density at radius 2 is 2.19 bits per heavy atom. The fraction of sp³-hybridized carbons (Fsp3) is 0.300. The number of amides is 1. The second kappa shape index (κ2) is 5.41. The highest BCUT2D eigenvalue weighted by atomic mass is 32.1. The van der Waals surface area contributed by atoms with Crippen molar-refractivity contribution >= 4 is 28.8 Å². The highest BCUT2D eigenvalue weighted by Gasteiger charge is 2.08. The largest absolute Gasteiger partial charge is 0.388 e. The molecule has 0 unspecified atom stereocenters. The zero-order valence-electron chi connectivity index (χ0n) is 9.01. The van der Waals surface area contributed by atoms with Gasteiger partial charge in [0.1, 0.15) is 4.99 Å². The lowest BCUT2D eigenvalue weighted by Crippen LogP contribution is -2.33. The van der Waals surface area contributed by atoms with Crippen molar-refractivity contribution in [2.45, 2.75) is 6.92 Å². The van der Waals surface area contributed by atoms with E-state index in [9.17, 15) is 4.79 Å². The van der Waals surface area contributed by atoms with Gasteiger partial charge in [-0.15, -0.1) is 0 Å². The van der Waals surface area contributed by atoms with E-state index in [1.54, 1.807) is 12.3 Å². The Balaban J connectivity index is 2.86. The van der Waals surface area contributed by atoms with Gasteiger partial charge >= 0.3 is 0 Å². The average Bonchev–Trinajstić information content (AvgIpc) is 2.25. The van der Waals surface area contributed by atoms with Crippen LogP contribution in [-0.2, 0) is 4.79 Å². The van der Waals surface area contributed by atoms with Crippen LogP contribution >= 0.6 is 12.2 Å². The topological polar surface area (TPSA) is 85.2 Å². The molecule has 16 heavy (non-hydrogen) atoms. The number of carbonyl (C=O) groups excluding carboxylic acids is 1. The molecule has 0 aliphatic rings. The number of primary amides is 1. The Bertz CT molecular complexity index is 390. The zero-order valence-corrected chi connectivity index (χ0v) is 9.83. The number of hydrogen-bond donors (Lipinski definition) is 2. The van der Waals surface area contributed by atoms with Crippen LogP contribution in [0.1, 0.15) is 12.6 Å². The normalized spacial score (nSPS) is 9.81. The Hall–Kier alpha value is -1.69. The first-order valence-corrected chi connectivity index (χ1v) is 5.24. The van der Waals surface area contributed by atoms with Crippen molar-refractivity contribution in [3.63, 3.8) is 0 Å². The number of rotatable bonds is 5. The van der Waals surface area contributed by atoms with Crippen LogP contribution in [0.3, 0.4) is 0 Å². The fourth-order valence-electron chi connectivity index (χ4n) is 1.29. The number of thiocarbonyl (C=S) groups is 1. The second-order valence-electron chi connectivity index (χ2n) is 3.25. The number of likely N-dealkylation sites (N-methyl/N-ethyl adjacent to an activating group) is 1. The van der Waals surface area contributed by atoms with Crippen molar-refractivity contribution in [1.29, 1.82) is 0 Å². The molecule has 0 aromatic carbocycles. The number of nitrogens with two attached hydrogens (primary N) is 2. The molecule has 0 bridgehead atoms. The van der Waals surface area contributed by atoms with E-state index in [1.807, 2.05) is 17.9 Å². The molecule has 1 aromatic heterocycles. The summed E-state index contributed by atoms with van der Waals surface area (Å²) >= 11 is 4.80. The van der Waals surface area contributed by atoms with Gasteiger partial charge in [0.25, 0.3) is 0 Å². The maximum absolute atomic E-state index is 10.8. The molecule has 0 aliphatic carbocycles. The molecule has 0 saturated carbocycles. The Morgan fingerprint density at radius 1 is 1.50 bits per heavy atom. The number of hydrogen-bond acceptors (Lipinski definition) is 4. The van der Waals surface area contributed by atoms with Crippen LogP contribution in [0.5, 0.6) is 0 Å². The molecule has 0 atom stereocenters. The van der Waals surface area contributed by atoms with Gasteiger partial charge in [0.05, 0.1) is 24.1 Å². The van der Waals surface area contributed by atoms with Crippen LogP contribution in [0.15, 0.2) is 18.3 Å². The van der Waals surface area contributed by atoms with Gasteiger partial charge in [0.2, 0.25) is 5.91 Å². The summed E-state index contributed by atoms with van der Waals surface area (Å²) < 4.78 is 0. The minimum atomic E-state index is -0.375. The van der Waals surface area contributed by atoms with Gasteiger partial charge in [-0.1, -0.05) is 12.2 Å². The van der Waals surface area contributed by atoms with Gasteiger partial charge in [-0.05, 0) is 19.1 Å². The van der Waals surface area contributed by atoms with Crippen LogP contribution in [0.4, 0.5) is 5.69 Å². The molecule has 6 heteroatoms. The Labute approximate surface area is 99.4 Å². The molecule has 5 nitrogen and oxygen atoms in total. The summed E-state index contributed by atoms with van der Waals surface area (Å²) in [7, 11) is 0. The van der Waals surface area contributed by atoms with E-state index in [0.29, 0.717) is 12.2 Å². The van der Waals surface area contributed by atoms with Crippen LogP contribution < -0.4 is 16.4 Å². The van der Waals surface area contributed by atoms with Crippen LogP contribution in [-0.4, -0.2) is 29.0 Å². The minimum absolute atomic E-state index is 0.171. The lowest BCUT2D eigenvalue weighted by Gasteiger charge is -2.20. The van der Waals surface area contributed by atoms with Crippen LogP contribution in [0.25, 0.3) is 0 Å². The van der Waals surface area contributed by atoms with E-state index in [2.05, 4.69) is 4.98 Å². The van der Waals surface area contributed by atoms with Crippen molar-refractivity contribution in [2.75, 3.05) is 18.0 Å². The first-order valence-electron chi connectivity index (χ1n) is 4.83. The summed E-state index contributed by atoms with van der Waals surface area (Å²) in [6.45, 7) is 2.78. The van der Waals surface area contributed by atoms with Gasteiger partial charge in [-0.25, -0.2) is 0 Å². The third-order valence-electron chi connectivity index (χ3n) is 2.09. The van der Waals surface area contributed by atoms with E-state index in [-0.39, 0.29) is 17.4 Å². The summed E-state index contributed by atoms with van der Waals surface area (Å²) in [5.41, 5.74) is 12.0. The van der Waals surface area contributed by atoms with Crippen molar-refractivity contribution in [2.24, 2.45) is 11.5 Å². The summed E-state index contributed by atoms with van der Waals surface area (Å²) in [6, 6.07) is 3.54. The van der Waals surface area contributed by atoms with Crippen molar-refractivity contribution in [3.05, 3.63) is 24.0 Å². The molecule has 0 radical (unpaired) electrons. The lowest BCUT2D eigenvalue weighted by atomic mass is 10.3. The minimum Gasteiger partial charge on any atom is -0.388 e. The zero-order chi connectivity index (χ0) is 12.1. The Morgan fingerprint density at radius 3 is 2.56 bits per heavy atom. The molecular formula is C10H14N4OS. The SMILES string of the molecule is CCN(CC(N)=O)c1ccc(C(N)=S)nc1. The molecule has 1 amide bonds. The Kier molecular flexibility index (Phi) is 4.19. The number of anilines is 1. The predicted molar refractivity (Wildman–Crippen MR) is 67.2 cm³/mol. The number of pyridine rings is 1. The van der Waals surface area contributed by atoms with E-state index in [4.69, 9.17) is 23.7 Å². The van der Waals surface area contributed by atoms with Gasteiger partial charge in [0.15, 0.2) is 0 Å². The standard InChI is InChI=1S/C10H14N4OS/c1-2-14(6-9(11)15)7-3-4-8(10(12)16)13-5-7/h3-5H,2,6H2,1H3,(H2,11,15)(H2,12,16). The van der Waals surface area contributed by atoms with E-state index < -0.39 is 0 Å². The highest BCUT2D eigenvalue weighted by molar-refractivity contribution is 7.80. The molecule has 0 spiro atoms. The summed E-state index contributed by atoms with van der Waals surface area (Å²) in [5.74, 6) is -0.375.